The molecule has 2 N–H and O–H groups in total. The van der Waals surface area contributed by atoms with E-state index in [1.165, 1.54) is 24.7 Å². The molecule has 1 aliphatic rings. The first-order chi connectivity index (χ1) is 6.86. The maximum absolute atomic E-state index is 5.81. The van der Waals surface area contributed by atoms with E-state index in [1.807, 2.05) is 0 Å². The van der Waals surface area contributed by atoms with Crippen molar-refractivity contribution in [2.75, 3.05) is 5.73 Å². The minimum Gasteiger partial charge on any atom is -0.442 e. The van der Waals surface area contributed by atoms with Gasteiger partial charge >= 0.3 is 0 Å². The summed E-state index contributed by atoms with van der Waals surface area (Å²) >= 11 is 0. The van der Waals surface area contributed by atoms with E-state index in [4.69, 9.17) is 10.2 Å². The molecule has 0 unspecified atom stereocenters. The van der Waals surface area contributed by atoms with Gasteiger partial charge < -0.3 is 10.2 Å². The molecule has 0 atom stereocenters. The monoisotopic (exact) mass is 189 g/mol. The minimum atomic E-state index is 0.543. The van der Waals surface area contributed by atoms with Gasteiger partial charge in [-0.3, -0.25) is 0 Å². The molecule has 0 bridgehead atoms. The predicted molar refractivity (Wildman–Crippen MR) is 52.9 cm³/mol. The summed E-state index contributed by atoms with van der Waals surface area (Å²) in [5.41, 5.74) is 7.68. The van der Waals surface area contributed by atoms with Gasteiger partial charge in [0.15, 0.2) is 0 Å². The van der Waals surface area contributed by atoms with Crippen LogP contribution < -0.4 is 5.73 Å². The topological polar surface area (TPSA) is 64.9 Å². The van der Waals surface area contributed by atoms with Gasteiger partial charge in [0.1, 0.15) is 17.9 Å². The summed E-state index contributed by atoms with van der Waals surface area (Å²) < 4.78 is 5.64. The molecule has 0 aliphatic heterocycles. The van der Waals surface area contributed by atoms with E-state index in [0.29, 0.717) is 11.5 Å². The Morgan fingerprint density at radius 2 is 2.07 bits per heavy atom. The third kappa shape index (κ3) is 0.937. The number of rotatable bonds is 0. The summed E-state index contributed by atoms with van der Waals surface area (Å²) in [7, 11) is 0. The summed E-state index contributed by atoms with van der Waals surface area (Å²) in [5, 5.41) is 0.933. The SMILES string of the molecule is Nc1ncnc2oc3c(c12)CCCC3. The molecule has 4 nitrogen and oxygen atoms in total. The molecule has 3 rings (SSSR count). The lowest BCUT2D eigenvalue weighted by Gasteiger charge is -2.08. The molecular weight excluding hydrogens is 178 g/mol. The van der Waals surface area contributed by atoms with Gasteiger partial charge in [-0.15, -0.1) is 0 Å². The number of hydrogen-bond donors (Lipinski definition) is 1. The summed E-state index contributed by atoms with van der Waals surface area (Å²) in [4.78, 5) is 8.08. The van der Waals surface area contributed by atoms with Crippen molar-refractivity contribution in [3.63, 3.8) is 0 Å². The first-order valence-corrected chi connectivity index (χ1v) is 4.87. The van der Waals surface area contributed by atoms with Crippen molar-refractivity contribution in [2.45, 2.75) is 25.7 Å². The Hall–Kier alpha value is -1.58. The van der Waals surface area contributed by atoms with Crippen LogP contribution in [0.5, 0.6) is 0 Å². The molecule has 0 amide bonds. The molecule has 4 heteroatoms. The molecule has 1 aliphatic carbocycles. The minimum absolute atomic E-state index is 0.543. The molecule has 72 valence electrons. The first kappa shape index (κ1) is 7.79. The summed E-state index contributed by atoms with van der Waals surface area (Å²) in [6.07, 6.45) is 5.90. The number of hydrogen-bond acceptors (Lipinski definition) is 4. The Morgan fingerprint density at radius 3 is 3.00 bits per heavy atom. The standard InChI is InChI=1S/C10H11N3O/c11-9-8-6-3-1-2-4-7(6)14-10(8)13-5-12-9/h5H,1-4H2,(H2,11,12,13). The lowest BCUT2D eigenvalue weighted by Crippen LogP contribution is -2.00. The van der Waals surface area contributed by atoms with Crippen LogP contribution in [0.15, 0.2) is 10.7 Å². The quantitative estimate of drug-likeness (QED) is 0.684. The van der Waals surface area contributed by atoms with Crippen molar-refractivity contribution in [3.8, 4) is 0 Å². The lowest BCUT2D eigenvalue weighted by molar-refractivity contribution is 0.499. The van der Waals surface area contributed by atoms with E-state index in [2.05, 4.69) is 9.97 Å². The van der Waals surface area contributed by atoms with Gasteiger partial charge in [-0.1, -0.05) is 0 Å². The normalized spacial score (nSPS) is 15.7. The Kier molecular flexibility index (Phi) is 1.50. The van der Waals surface area contributed by atoms with Gasteiger partial charge in [0.2, 0.25) is 5.71 Å². The zero-order valence-corrected chi connectivity index (χ0v) is 7.79. The van der Waals surface area contributed by atoms with Crippen LogP contribution in [-0.4, -0.2) is 9.97 Å². The third-order valence-corrected chi connectivity index (χ3v) is 2.78. The van der Waals surface area contributed by atoms with E-state index in [0.717, 1.165) is 24.0 Å². The summed E-state index contributed by atoms with van der Waals surface area (Å²) in [6.45, 7) is 0. The van der Waals surface area contributed by atoms with E-state index in [1.54, 1.807) is 0 Å². The van der Waals surface area contributed by atoms with Crippen molar-refractivity contribution in [1.82, 2.24) is 9.97 Å². The maximum Gasteiger partial charge on any atom is 0.231 e. The number of aromatic nitrogens is 2. The number of aryl methyl sites for hydroxylation is 2. The molecule has 0 saturated carbocycles. The van der Waals surface area contributed by atoms with Crippen LogP contribution in [0.25, 0.3) is 11.1 Å². The fraction of sp³-hybridized carbons (Fsp3) is 0.400. The second-order valence-electron chi connectivity index (χ2n) is 3.65. The number of furan rings is 1. The van der Waals surface area contributed by atoms with E-state index in [9.17, 15) is 0 Å². The summed E-state index contributed by atoms with van der Waals surface area (Å²) in [6, 6.07) is 0. The summed E-state index contributed by atoms with van der Waals surface area (Å²) in [5.74, 6) is 1.60. The molecule has 2 heterocycles. The van der Waals surface area contributed by atoms with Crippen LogP contribution >= 0.6 is 0 Å². The number of fused-ring (bicyclic) bond motifs is 3. The van der Waals surface area contributed by atoms with Crippen LogP contribution in [0, 0.1) is 0 Å². The Morgan fingerprint density at radius 1 is 1.21 bits per heavy atom. The zero-order valence-electron chi connectivity index (χ0n) is 7.79. The second kappa shape index (κ2) is 2.70. The molecule has 0 aromatic carbocycles. The Balaban J connectivity index is 2.38. The van der Waals surface area contributed by atoms with Crippen LogP contribution in [0.3, 0.4) is 0 Å². The lowest BCUT2D eigenvalue weighted by atomic mass is 9.96. The molecule has 2 aromatic heterocycles. The first-order valence-electron chi connectivity index (χ1n) is 4.87. The molecule has 0 saturated heterocycles. The van der Waals surface area contributed by atoms with Crippen LogP contribution in [0.4, 0.5) is 5.82 Å². The van der Waals surface area contributed by atoms with Gasteiger partial charge in [0.25, 0.3) is 0 Å². The molecule has 0 radical (unpaired) electrons. The number of anilines is 1. The fourth-order valence-corrected chi connectivity index (χ4v) is 2.11. The number of nitrogens with two attached hydrogens (primary N) is 1. The van der Waals surface area contributed by atoms with Crippen molar-refractivity contribution < 1.29 is 4.42 Å². The average molecular weight is 189 g/mol. The van der Waals surface area contributed by atoms with Crippen molar-refractivity contribution in [2.24, 2.45) is 0 Å². The smallest absolute Gasteiger partial charge is 0.231 e. The maximum atomic E-state index is 5.81. The van der Waals surface area contributed by atoms with Gasteiger partial charge in [0, 0.05) is 12.0 Å². The average Bonchev–Trinajstić information content (AvgIpc) is 2.57. The number of nitrogen functional groups attached to an aromatic ring is 1. The molecular formula is C10H11N3O. The molecule has 0 spiro atoms. The second-order valence-corrected chi connectivity index (χ2v) is 3.65. The highest BCUT2D eigenvalue weighted by Gasteiger charge is 2.20. The van der Waals surface area contributed by atoms with Crippen LogP contribution in [0.2, 0.25) is 0 Å². The predicted octanol–water partition coefficient (Wildman–Crippen LogP) is 1.68. The van der Waals surface area contributed by atoms with E-state index >= 15 is 0 Å². The highest BCUT2D eigenvalue weighted by Crippen LogP contribution is 2.32. The number of nitrogens with zero attached hydrogens (tertiary/aromatic N) is 2. The Bertz CT molecular complexity index is 489. The van der Waals surface area contributed by atoms with Gasteiger partial charge in [0.05, 0.1) is 5.39 Å². The molecule has 2 aromatic rings. The fourth-order valence-electron chi connectivity index (χ4n) is 2.11. The Labute approximate surface area is 81.1 Å². The zero-order chi connectivity index (χ0) is 9.54. The molecule has 14 heavy (non-hydrogen) atoms. The highest BCUT2D eigenvalue weighted by atomic mass is 16.3. The molecule has 0 fully saturated rings. The van der Waals surface area contributed by atoms with Gasteiger partial charge in [-0.05, 0) is 19.3 Å². The van der Waals surface area contributed by atoms with Gasteiger partial charge in [-0.2, -0.15) is 0 Å². The van der Waals surface area contributed by atoms with Crippen molar-refractivity contribution in [3.05, 3.63) is 17.7 Å². The van der Waals surface area contributed by atoms with Crippen molar-refractivity contribution in [1.29, 1.82) is 0 Å². The van der Waals surface area contributed by atoms with Crippen LogP contribution in [-0.2, 0) is 12.8 Å². The van der Waals surface area contributed by atoms with Crippen molar-refractivity contribution >= 4 is 16.9 Å². The highest BCUT2D eigenvalue weighted by molar-refractivity contribution is 5.88. The van der Waals surface area contributed by atoms with Crippen LogP contribution in [0.1, 0.15) is 24.2 Å². The largest absolute Gasteiger partial charge is 0.442 e. The third-order valence-electron chi connectivity index (χ3n) is 2.78. The van der Waals surface area contributed by atoms with E-state index < -0.39 is 0 Å². The van der Waals surface area contributed by atoms with E-state index in [-0.39, 0.29) is 0 Å². The van der Waals surface area contributed by atoms with Gasteiger partial charge in [-0.25, -0.2) is 9.97 Å².